The minimum Gasteiger partial charge on any atom is -0.381 e. The number of benzene rings is 1. The number of aryl methyl sites for hydroxylation is 1. The van der Waals surface area contributed by atoms with Crippen molar-refractivity contribution in [3.63, 3.8) is 0 Å². The molecule has 1 aliphatic carbocycles. The zero-order valence-electron chi connectivity index (χ0n) is 9.27. The lowest BCUT2D eigenvalue weighted by molar-refractivity contribution is 0.500. The van der Waals surface area contributed by atoms with Crippen molar-refractivity contribution >= 4 is 11.4 Å². The van der Waals surface area contributed by atoms with Crippen molar-refractivity contribution in [3.05, 3.63) is 23.8 Å². The maximum absolute atomic E-state index is 3.74. The Labute approximate surface area is 91.1 Å². The maximum atomic E-state index is 3.74. The van der Waals surface area contributed by atoms with E-state index in [1.54, 1.807) is 0 Å². The Morgan fingerprint density at radius 3 is 2.73 bits per heavy atom. The van der Waals surface area contributed by atoms with Crippen molar-refractivity contribution in [1.29, 1.82) is 0 Å². The molecule has 1 fully saturated rings. The van der Waals surface area contributed by atoms with Crippen LogP contribution in [0.25, 0.3) is 0 Å². The molecule has 0 amide bonds. The Balaban J connectivity index is 1.93. The first-order valence-electron chi connectivity index (χ1n) is 5.90. The summed E-state index contributed by atoms with van der Waals surface area (Å²) in [6, 6.07) is 6.61. The van der Waals surface area contributed by atoms with E-state index in [9.17, 15) is 0 Å². The Hall–Kier alpha value is -1.18. The van der Waals surface area contributed by atoms with Gasteiger partial charge in [0.05, 0.1) is 16.9 Å². The fourth-order valence-corrected chi connectivity index (χ4v) is 2.86. The minimum atomic E-state index is 0.349. The fourth-order valence-electron chi connectivity index (χ4n) is 2.86. The van der Waals surface area contributed by atoms with Crippen LogP contribution in [0.2, 0.25) is 0 Å². The maximum Gasteiger partial charge on any atom is 0.0581 e. The van der Waals surface area contributed by atoms with Gasteiger partial charge in [-0.05, 0) is 37.5 Å². The molecule has 80 valence electrons. The van der Waals surface area contributed by atoms with E-state index in [1.807, 2.05) is 0 Å². The molecule has 1 heterocycles. The molecule has 2 aliphatic rings. The van der Waals surface area contributed by atoms with Crippen LogP contribution in [0.1, 0.15) is 31.2 Å². The normalized spacial score (nSPS) is 21.9. The molecule has 1 spiro atoms. The summed E-state index contributed by atoms with van der Waals surface area (Å²) in [5.74, 6) is 0. The highest BCUT2D eigenvalue weighted by atomic mass is 15.1. The average Bonchev–Trinajstić information content (AvgIpc) is 2.67. The number of fused-ring (bicyclic) bond motifs is 1. The Morgan fingerprint density at radius 2 is 1.93 bits per heavy atom. The highest BCUT2D eigenvalue weighted by Gasteiger charge is 2.36. The third-order valence-electron chi connectivity index (χ3n) is 3.75. The van der Waals surface area contributed by atoms with Gasteiger partial charge >= 0.3 is 0 Å². The highest BCUT2D eigenvalue weighted by Crippen LogP contribution is 2.39. The van der Waals surface area contributed by atoms with Crippen LogP contribution in [0, 0.1) is 6.92 Å². The Kier molecular flexibility index (Phi) is 1.91. The van der Waals surface area contributed by atoms with Crippen LogP contribution in [-0.4, -0.2) is 12.1 Å². The molecule has 0 bridgehead atoms. The molecule has 0 unspecified atom stereocenters. The number of rotatable bonds is 0. The third-order valence-corrected chi connectivity index (χ3v) is 3.75. The van der Waals surface area contributed by atoms with Crippen molar-refractivity contribution in [3.8, 4) is 0 Å². The molecular weight excluding hydrogens is 184 g/mol. The molecule has 15 heavy (non-hydrogen) atoms. The first-order chi connectivity index (χ1) is 7.27. The molecular formula is C13H18N2. The van der Waals surface area contributed by atoms with Crippen molar-refractivity contribution in [1.82, 2.24) is 0 Å². The smallest absolute Gasteiger partial charge is 0.0581 e. The number of nitrogens with one attached hydrogen (secondary N) is 2. The van der Waals surface area contributed by atoms with Crippen LogP contribution in [0.3, 0.4) is 0 Å². The molecule has 2 heteroatoms. The van der Waals surface area contributed by atoms with Gasteiger partial charge in [-0.15, -0.1) is 0 Å². The molecule has 1 aliphatic heterocycles. The zero-order chi connectivity index (χ0) is 10.3. The van der Waals surface area contributed by atoms with Crippen molar-refractivity contribution in [2.75, 3.05) is 17.2 Å². The van der Waals surface area contributed by atoms with E-state index in [0.717, 1.165) is 6.54 Å². The molecule has 1 saturated carbocycles. The molecule has 0 aromatic heterocycles. The summed E-state index contributed by atoms with van der Waals surface area (Å²) >= 11 is 0. The van der Waals surface area contributed by atoms with Gasteiger partial charge in [-0.1, -0.05) is 18.9 Å². The van der Waals surface area contributed by atoms with Crippen LogP contribution in [-0.2, 0) is 0 Å². The summed E-state index contributed by atoms with van der Waals surface area (Å²) in [5.41, 5.74) is 4.23. The molecule has 0 saturated heterocycles. The largest absolute Gasteiger partial charge is 0.381 e. The SMILES string of the molecule is Cc1ccc2c(c1)NCC1(CCCC1)N2. The van der Waals surface area contributed by atoms with Gasteiger partial charge in [0.1, 0.15) is 0 Å². The van der Waals surface area contributed by atoms with Crippen molar-refractivity contribution in [2.45, 2.75) is 38.1 Å². The lowest BCUT2D eigenvalue weighted by Crippen LogP contribution is -2.45. The van der Waals surface area contributed by atoms with Crippen LogP contribution in [0.4, 0.5) is 11.4 Å². The van der Waals surface area contributed by atoms with E-state index in [4.69, 9.17) is 0 Å². The van der Waals surface area contributed by atoms with Gasteiger partial charge in [0.25, 0.3) is 0 Å². The summed E-state index contributed by atoms with van der Waals surface area (Å²) in [5, 5.41) is 7.31. The quantitative estimate of drug-likeness (QED) is 0.675. The molecule has 0 atom stereocenters. The van der Waals surface area contributed by atoms with Crippen LogP contribution >= 0.6 is 0 Å². The van der Waals surface area contributed by atoms with Gasteiger partial charge in [-0.25, -0.2) is 0 Å². The molecule has 2 N–H and O–H groups in total. The molecule has 1 aromatic rings. The second kappa shape index (κ2) is 3.16. The first-order valence-corrected chi connectivity index (χ1v) is 5.90. The second-order valence-electron chi connectivity index (χ2n) is 5.02. The zero-order valence-corrected chi connectivity index (χ0v) is 9.27. The number of hydrogen-bond donors (Lipinski definition) is 2. The first kappa shape index (κ1) is 9.08. The molecule has 3 rings (SSSR count). The summed E-state index contributed by atoms with van der Waals surface area (Å²) in [6.45, 7) is 3.23. The summed E-state index contributed by atoms with van der Waals surface area (Å²) in [4.78, 5) is 0. The van der Waals surface area contributed by atoms with E-state index >= 15 is 0 Å². The van der Waals surface area contributed by atoms with Crippen LogP contribution in [0.15, 0.2) is 18.2 Å². The lowest BCUT2D eigenvalue weighted by atomic mass is 9.94. The van der Waals surface area contributed by atoms with E-state index in [2.05, 4.69) is 35.8 Å². The highest BCUT2D eigenvalue weighted by molar-refractivity contribution is 5.73. The van der Waals surface area contributed by atoms with Gasteiger partial charge in [-0.3, -0.25) is 0 Å². The summed E-state index contributed by atoms with van der Waals surface area (Å²) in [6.07, 6.45) is 5.37. The average molecular weight is 202 g/mol. The van der Waals surface area contributed by atoms with Gasteiger partial charge in [0.2, 0.25) is 0 Å². The topological polar surface area (TPSA) is 24.1 Å². The molecule has 2 nitrogen and oxygen atoms in total. The van der Waals surface area contributed by atoms with E-state index in [1.165, 1.54) is 42.6 Å². The van der Waals surface area contributed by atoms with Crippen LogP contribution < -0.4 is 10.6 Å². The molecule has 0 radical (unpaired) electrons. The lowest BCUT2D eigenvalue weighted by Gasteiger charge is -2.37. The summed E-state index contributed by atoms with van der Waals surface area (Å²) in [7, 11) is 0. The number of anilines is 2. The van der Waals surface area contributed by atoms with Gasteiger partial charge < -0.3 is 10.6 Å². The monoisotopic (exact) mass is 202 g/mol. The predicted octanol–water partition coefficient (Wildman–Crippen LogP) is 3.15. The van der Waals surface area contributed by atoms with Crippen molar-refractivity contribution in [2.24, 2.45) is 0 Å². The van der Waals surface area contributed by atoms with Crippen molar-refractivity contribution < 1.29 is 0 Å². The van der Waals surface area contributed by atoms with E-state index in [0.29, 0.717) is 5.54 Å². The number of hydrogen-bond acceptors (Lipinski definition) is 2. The second-order valence-corrected chi connectivity index (χ2v) is 5.02. The molecule has 1 aromatic carbocycles. The van der Waals surface area contributed by atoms with E-state index in [-0.39, 0.29) is 0 Å². The Morgan fingerprint density at radius 1 is 1.13 bits per heavy atom. The fraction of sp³-hybridized carbons (Fsp3) is 0.538. The van der Waals surface area contributed by atoms with Gasteiger partial charge in [0, 0.05) is 6.54 Å². The standard InChI is InChI=1S/C13H18N2/c1-10-4-5-11-12(8-10)14-9-13(15-11)6-2-3-7-13/h4-5,8,14-15H,2-3,6-7,9H2,1H3. The third kappa shape index (κ3) is 1.48. The Bertz CT molecular complexity index is 378. The van der Waals surface area contributed by atoms with E-state index < -0.39 is 0 Å². The summed E-state index contributed by atoms with van der Waals surface area (Å²) < 4.78 is 0. The predicted molar refractivity (Wildman–Crippen MR) is 64.5 cm³/mol. The van der Waals surface area contributed by atoms with Gasteiger partial charge in [0.15, 0.2) is 0 Å². The van der Waals surface area contributed by atoms with Crippen LogP contribution in [0.5, 0.6) is 0 Å². The van der Waals surface area contributed by atoms with Gasteiger partial charge in [-0.2, -0.15) is 0 Å². The minimum absolute atomic E-state index is 0.349.